The highest BCUT2D eigenvalue weighted by atomic mass is 79.9. The minimum atomic E-state index is -0.105. The molecule has 1 amide bonds. The molecule has 0 aromatic heterocycles. The highest BCUT2D eigenvalue weighted by Gasteiger charge is 2.39. The molecule has 1 saturated heterocycles. The van der Waals surface area contributed by atoms with Crippen molar-refractivity contribution in [3.63, 3.8) is 0 Å². The fraction of sp³-hybridized carbons (Fsp3) is 0.588. The minimum Gasteiger partial charge on any atom is -0.347 e. The van der Waals surface area contributed by atoms with E-state index in [2.05, 4.69) is 50.8 Å². The highest BCUT2D eigenvalue weighted by Crippen LogP contribution is 2.41. The molecule has 114 valence electrons. The van der Waals surface area contributed by atoms with Gasteiger partial charge in [0.25, 0.3) is 0 Å². The maximum absolute atomic E-state index is 12.3. The van der Waals surface area contributed by atoms with Gasteiger partial charge < -0.3 is 10.6 Å². The lowest BCUT2D eigenvalue weighted by Gasteiger charge is -2.43. The van der Waals surface area contributed by atoms with E-state index in [4.69, 9.17) is 0 Å². The highest BCUT2D eigenvalue weighted by molar-refractivity contribution is 9.10. The van der Waals surface area contributed by atoms with Gasteiger partial charge in [0.1, 0.15) is 0 Å². The zero-order valence-corrected chi connectivity index (χ0v) is 13.9. The molecule has 0 radical (unpaired) electrons. The Hall–Kier alpha value is -0.870. The second-order valence-electron chi connectivity index (χ2n) is 6.39. The minimum absolute atomic E-state index is 0.105. The number of carbonyl (C=O) groups is 1. The lowest BCUT2D eigenvalue weighted by Crippen LogP contribution is -2.50. The molecule has 2 fully saturated rings. The van der Waals surface area contributed by atoms with Gasteiger partial charge in [-0.2, -0.15) is 0 Å². The maximum Gasteiger partial charge on any atom is 0.220 e. The summed E-state index contributed by atoms with van der Waals surface area (Å²) in [4.78, 5) is 12.3. The third kappa shape index (κ3) is 3.49. The fourth-order valence-corrected chi connectivity index (χ4v) is 3.67. The summed E-state index contributed by atoms with van der Waals surface area (Å²) in [6.45, 7) is 2.18. The third-order valence-corrected chi connectivity index (χ3v) is 5.45. The van der Waals surface area contributed by atoms with Crippen LogP contribution in [0, 0.1) is 5.92 Å². The van der Waals surface area contributed by atoms with Crippen molar-refractivity contribution in [3.8, 4) is 0 Å². The number of benzene rings is 1. The molecule has 0 spiro atoms. The molecule has 3 nitrogen and oxygen atoms in total. The van der Waals surface area contributed by atoms with Gasteiger partial charge in [0, 0.05) is 10.9 Å². The van der Waals surface area contributed by atoms with Crippen molar-refractivity contribution in [2.24, 2.45) is 5.92 Å². The van der Waals surface area contributed by atoms with Crippen molar-refractivity contribution in [1.82, 2.24) is 10.6 Å². The largest absolute Gasteiger partial charge is 0.347 e. The topological polar surface area (TPSA) is 41.1 Å². The molecular formula is C17H23BrN2O. The lowest BCUT2D eigenvalue weighted by molar-refractivity contribution is -0.124. The van der Waals surface area contributed by atoms with Crippen molar-refractivity contribution in [1.29, 1.82) is 0 Å². The monoisotopic (exact) mass is 350 g/mol. The van der Waals surface area contributed by atoms with Crippen LogP contribution in [0.2, 0.25) is 0 Å². The molecule has 1 aromatic carbocycles. The van der Waals surface area contributed by atoms with Gasteiger partial charge in [-0.3, -0.25) is 4.79 Å². The van der Waals surface area contributed by atoms with E-state index in [0.29, 0.717) is 12.3 Å². The Bertz CT molecular complexity index is 490. The van der Waals surface area contributed by atoms with Gasteiger partial charge in [-0.1, -0.05) is 28.1 Å². The Balaban J connectivity index is 1.58. The predicted molar refractivity (Wildman–Crippen MR) is 88.0 cm³/mol. The zero-order chi connectivity index (χ0) is 14.7. The van der Waals surface area contributed by atoms with E-state index in [-0.39, 0.29) is 11.4 Å². The molecule has 4 heteroatoms. The van der Waals surface area contributed by atoms with E-state index in [0.717, 1.165) is 36.8 Å². The molecule has 21 heavy (non-hydrogen) atoms. The van der Waals surface area contributed by atoms with Gasteiger partial charge in [-0.25, -0.2) is 0 Å². The summed E-state index contributed by atoms with van der Waals surface area (Å²) < 4.78 is 1.08. The summed E-state index contributed by atoms with van der Waals surface area (Å²) in [6, 6.07) is 8.38. The Morgan fingerprint density at radius 2 is 2.10 bits per heavy atom. The summed E-state index contributed by atoms with van der Waals surface area (Å²) in [6.07, 6.45) is 6.20. The molecule has 2 N–H and O–H groups in total. The van der Waals surface area contributed by atoms with Gasteiger partial charge in [0.2, 0.25) is 5.91 Å². The Morgan fingerprint density at radius 1 is 1.33 bits per heavy atom. The van der Waals surface area contributed by atoms with Crippen LogP contribution in [-0.4, -0.2) is 19.0 Å². The summed E-state index contributed by atoms with van der Waals surface area (Å²) >= 11 is 3.47. The van der Waals surface area contributed by atoms with Crippen LogP contribution in [0.15, 0.2) is 28.7 Å². The first-order chi connectivity index (χ1) is 10.2. The van der Waals surface area contributed by atoms with E-state index < -0.39 is 0 Å². The van der Waals surface area contributed by atoms with E-state index in [1.165, 1.54) is 18.4 Å². The summed E-state index contributed by atoms with van der Waals surface area (Å²) in [5.74, 6) is 0.894. The lowest BCUT2D eigenvalue weighted by atomic mass is 9.71. The van der Waals surface area contributed by atoms with Crippen molar-refractivity contribution in [3.05, 3.63) is 34.3 Å². The van der Waals surface area contributed by atoms with E-state index >= 15 is 0 Å². The Kier molecular flexibility index (Phi) is 4.65. The van der Waals surface area contributed by atoms with Gasteiger partial charge in [-0.15, -0.1) is 0 Å². The van der Waals surface area contributed by atoms with Crippen LogP contribution in [-0.2, 0) is 10.3 Å². The van der Waals surface area contributed by atoms with Gasteiger partial charge in [0.15, 0.2) is 0 Å². The number of amides is 1. The molecule has 1 atom stereocenters. The van der Waals surface area contributed by atoms with Crippen LogP contribution in [0.1, 0.15) is 44.1 Å². The van der Waals surface area contributed by atoms with Gasteiger partial charge >= 0.3 is 0 Å². The molecule has 0 bridgehead atoms. The number of rotatable bonds is 5. The summed E-state index contributed by atoms with van der Waals surface area (Å²) in [5.41, 5.74) is 1.14. The van der Waals surface area contributed by atoms with E-state index in [9.17, 15) is 4.79 Å². The average molecular weight is 351 g/mol. The third-order valence-electron chi connectivity index (χ3n) is 4.92. The first-order valence-corrected chi connectivity index (χ1v) is 8.75. The Morgan fingerprint density at radius 3 is 2.67 bits per heavy atom. The van der Waals surface area contributed by atoms with Crippen LogP contribution in [0.25, 0.3) is 0 Å². The summed E-state index contributed by atoms with van der Waals surface area (Å²) in [5, 5.41) is 6.68. The molecule has 1 aromatic rings. The molecule has 1 aliphatic carbocycles. The number of hydrogen-bond acceptors (Lipinski definition) is 2. The second-order valence-corrected chi connectivity index (χ2v) is 7.30. The quantitative estimate of drug-likeness (QED) is 0.854. The molecule has 1 heterocycles. The second kappa shape index (κ2) is 6.49. The zero-order valence-electron chi connectivity index (χ0n) is 12.3. The molecule has 3 rings (SSSR count). The molecular weight excluding hydrogens is 328 g/mol. The van der Waals surface area contributed by atoms with Crippen molar-refractivity contribution in [2.75, 3.05) is 13.1 Å². The van der Waals surface area contributed by atoms with Crippen LogP contribution in [0.5, 0.6) is 0 Å². The first-order valence-electron chi connectivity index (χ1n) is 7.96. The van der Waals surface area contributed by atoms with Crippen LogP contribution in [0.3, 0.4) is 0 Å². The predicted octanol–water partition coefficient (Wildman–Crippen LogP) is 3.33. The van der Waals surface area contributed by atoms with Gasteiger partial charge in [-0.05, 0) is 68.8 Å². The normalized spacial score (nSPS) is 23.6. The number of hydrogen-bond donors (Lipinski definition) is 2. The number of carbonyl (C=O) groups excluding carboxylic acids is 1. The van der Waals surface area contributed by atoms with Crippen molar-refractivity contribution >= 4 is 21.8 Å². The summed E-state index contributed by atoms with van der Waals surface area (Å²) in [7, 11) is 0. The molecule has 1 unspecified atom stereocenters. The SMILES string of the molecule is O=C(CCC1CCNC1)NC1(c2ccc(Br)cc2)CCC1. The standard InChI is InChI=1S/C17H23BrN2O/c18-15-5-3-14(4-6-15)17(9-1-10-17)20-16(21)7-2-13-8-11-19-12-13/h3-6,13,19H,1-2,7-12H2,(H,20,21). The van der Waals surface area contributed by atoms with E-state index in [1.54, 1.807) is 0 Å². The van der Waals surface area contributed by atoms with Crippen molar-refractivity contribution < 1.29 is 4.79 Å². The maximum atomic E-state index is 12.3. The van der Waals surface area contributed by atoms with Crippen LogP contribution < -0.4 is 10.6 Å². The fourth-order valence-electron chi connectivity index (χ4n) is 3.41. The smallest absolute Gasteiger partial charge is 0.220 e. The first kappa shape index (κ1) is 15.0. The van der Waals surface area contributed by atoms with Crippen LogP contribution >= 0.6 is 15.9 Å². The average Bonchev–Trinajstić information content (AvgIpc) is 2.95. The number of halogens is 1. The van der Waals surface area contributed by atoms with Gasteiger partial charge in [0.05, 0.1) is 5.54 Å². The van der Waals surface area contributed by atoms with E-state index in [1.807, 2.05) is 0 Å². The number of nitrogens with one attached hydrogen (secondary N) is 2. The molecule has 2 aliphatic rings. The van der Waals surface area contributed by atoms with Crippen LogP contribution in [0.4, 0.5) is 0 Å². The Labute approximate surface area is 135 Å². The molecule has 1 saturated carbocycles. The van der Waals surface area contributed by atoms with Crippen molar-refractivity contribution in [2.45, 2.75) is 44.1 Å². The molecule has 1 aliphatic heterocycles.